The average Bonchev–Trinajstić information content (AvgIpc) is 3.26. The fourth-order valence-electron chi connectivity index (χ4n) is 9.42. The summed E-state index contributed by atoms with van der Waals surface area (Å²) in [5, 5.41) is 11.1. The second-order valence-corrected chi connectivity index (χ2v) is 20.0. The molecule has 0 radical (unpaired) electrons. The van der Waals surface area contributed by atoms with E-state index in [9.17, 15) is 19.5 Å². The van der Waals surface area contributed by atoms with Crippen LogP contribution in [0.1, 0.15) is 336 Å². The minimum Gasteiger partial charge on any atom is -0.385 e. The highest BCUT2D eigenvalue weighted by atomic mass is 16.3. The number of carbonyl (C=O) groups excluding carboxylic acids is 3. The molecule has 0 saturated heterocycles. The van der Waals surface area contributed by atoms with E-state index >= 15 is 0 Å². The first kappa shape index (κ1) is 60.0. The Labute approximate surface area is 382 Å². The van der Waals surface area contributed by atoms with Crippen LogP contribution in [-0.2, 0) is 14.4 Å². The van der Waals surface area contributed by atoms with Gasteiger partial charge in [-0.2, -0.15) is 0 Å². The van der Waals surface area contributed by atoms with Crippen LogP contribution in [0.3, 0.4) is 0 Å². The fourth-order valence-corrected chi connectivity index (χ4v) is 9.42. The third-order valence-corrected chi connectivity index (χ3v) is 14.0. The van der Waals surface area contributed by atoms with Gasteiger partial charge in [-0.1, -0.05) is 297 Å². The smallest absolute Gasteiger partial charge is 0.181 e. The van der Waals surface area contributed by atoms with Gasteiger partial charge in [-0.3, -0.25) is 14.4 Å². The number of unbranched alkanes of at least 4 members (excludes halogenated alkanes) is 42. The van der Waals surface area contributed by atoms with Crippen molar-refractivity contribution in [2.45, 2.75) is 342 Å². The molecule has 0 aliphatic heterocycles. The van der Waals surface area contributed by atoms with Gasteiger partial charge in [0.2, 0.25) is 0 Å². The normalized spacial score (nSPS) is 12.3. The first-order valence-corrected chi connectivity index (χ1v) is 28.1. The lowest BCUT2D eigenvalue weighted by Gasteiger charge is -2.28. The second kappa shape index (κ2) is 46.9. The molecule has 0 rings (SSSR count). The second-order valence-electron chi connectivity index (χ2n) is 20.0. The van der Waals surface area contributed by atoms with Crippen LogP contribution in [0.15, 0.2) is 0 Å². The molecular weight excluding hydrogens is 749 g/mol. The molecule has 0 saturated carbocycles. The Kier molecular flexibility index (Phi) is 46.2. The zero-order chi connectivity index (χ0) is 44.8. The lowest BCUT2D eigenvalue weighted by molar-refractivity contribution is -0.152. The first-order chi connectivity index (χ1) is 29.9. The highest BCUT2D eigenvalue weighted by molar-refractivity contribution is 6.24. The van der Waals surface area contributed by atoms with Crippen molar-refractivity contribution >= 4 is 17.3 Å². The Morgan fingerprint density at radius 1 is 0.311 bits per heavy atom. The highest BCUT2D eigenvalue weighted by Gasteiger charge is 2.48. The number of carbonyl (C=O) groups is 3. The Morgan fingerprint density at radius 3 is 0.705 bits per heavy atom. The third-order valence-electron chi connectivity index (χ3n) is 14.0. The van der Waals surface area contributed by atoms with Crippen LogP contribution in [0.4, 0.5) is 0 Å². The van der Waals surface area contributed by atoms with Gasteiger partial charge < -0.3 is 5.11 Å². The molecule has 0 amide bonds. The Bertz CT molecular complexity index is 896. The molecule has 4 heteroatoms. The zero-order valence-electron chi connectivity index (χ0n) is 42.2. The molecule has 362 valence electrons. The van der Waals surface area contributed by atoms with Crippen LogP contribution in [0, 0.1) is 5.41 Å². The average molecular weight is 860 g/mol. The summed E-state index contributed by atoms with van der Waals surface area (Å²) in [6.45, 7) is 8.39. The predicted octanol–water partition coefficient (Wildman–Crippen LogP) is 18.8. The van der Waals surface area contributed by atoms with E-state index in [4.69, 9.17) is 0 Å². The van der Waals surface area contributed by atoms with Crippen molar-refractivity contribution in [3.8, 4) is 0 Å². The molecule has 0 fully saturated rings. The van der Waals surface area contributed by atoms with Crippen LogP contribution in [-0.4, -0.2) is 28.6 Å². The molecule has 0 aromatic rings. The van der Waals surface area contributed by atoms with Crippen molar-refractivity contribution in [2.75, 3.05) is 0 Å². The summed E-state index contributed by atoms with van der Waals surface area (Å²) < 4.78 is 0. The molecule has 1 atom stereocenters. The number of Topliss-reactive ketones (excluding diaryl/α,β-unsaturated/α-hetero) is 3. The number of aliphatic hydroxyl groups is 1. The van der Waals surface area contributed by atoms with Crippen molar-refractivity contribution < 1.29 is 19.5 Å². The SMILES string of the molecule is CCCCCCCCCCCCCCCCCC(=O)C(C)(C(=O)CCCCCCCCCCCCCCCCC)C(=O)C(O)CCCCCCCCCCCCCCCCC. The summed E-state index contributed by atoms with van der Waals surface area (Å²) in [4.78, 5) is 41.5. The molecule has 0 aliphatic rings. The Hall–Kier alpha value is -1.03. The van der Waals surface area contributed by atoms with E-state index in [1.165, 1.54) is 231 Å². The number of hydrogen-bond acceptors (Lipinski definition) is 4. The molecule has 1 N–H and O–H groups in total. The van der Waals surface area contributed by atoms with Crippen molar-refractivity contribution in [1.82, 2.24) is 0 Å². The van der Waals surface area contributed by atoms with Crippen LogP contribution < -0.4 is 0 Å². The van der Waals surface area contributed by atoms with Gasteiger partial charge in [0, 0.05) is 12.8 Å². The largest absolute Gasteiger partial charge is 0.385 e. The first-order valence-electron chi connectivity index (χ1n) is 28.1. The molecule has 61 heavy (non-hydrogen) atoms. The summed E-state index contributed by atoms with van der Waals surface area (Å²) >= 11 is 0. The van der Waals surface area contributed by atoms with E-state index in [1.807, 2.05) is 0 Å². The van der Waals surface area contributed by atoms with Gasteiger partial charge in [0.05, 0.1) is 0 Å². The summed E-state index contributed by atoms with van der Waals surface area (Å²) in [6.07, 6.45) is 56.4. The molecule has 4 nitrogen and oxygen atoms in total. The number of rotatable bonds is 52. The maximum atomic E-state index is 13.9. The van der Waals surface area contributed by atoms with Crippen molar-refractivity contribution in [1.29, 1.82) is 0 Å². The van der Waals surface area contributed by atoms with Gasteiger partial charge in [-0.25, -0.2) is 0 Å². The molecule has 0 aromatic heterocycles. The van der Waals surface area contributed by atoms with Crippen molar-refractivity contribution in [2.24, 2.45) is 5.41 Å². The van der Waals surface area contributed by atoms with E-state index in [2.05, 4.69) is 20.8 Å². The van der Waals surface area contributed by atoms with Gasteiger partial charge >= 0.3 is 0 Å². The van der Waals surface area contributed by atoms with Gasteiger partial charge in [0.15, 0.2) is 17.3 Å². The summed E-state index contributed by atoms with van der Waals surface area (Å²) in [5.41, 5.74) is -1.71. The molecule has 0 bridgehead atoms. The summed E-state index contributed by atoms with van der Waals surface area (Å²) in [5.74, 6) is -1.04. The summed E-state index contributed by atoms with van der Waals surface area (Å²) in [7, 11) is 0. The maximum Gasteiger partial charge on any atom is 0.181 e. The molecule has 0 heterocycles. The van der Waals surface area contributed by atoms with E-state index in [1.54, 1.807) is 6.92 Å². The number of hydrogen-bond donors (Lipinski definition) is 1. The lowest BCUT2D eigenvalue weighted by Crippen LogP contribution is -2.48. The molecular formula is C57H110O4. The van der Waals surface area contributed by atoms with E-state index in [-0.39, 0.29) is 24.4 Å². The van der Waals surface area contributed by atoms with Gasteiger partial charge in [0.25, 0.3) is 0 Å². The van der Waals surface area contributed by atoms with Crippen molar-refractivity contribution in [3.05, 3.63) is 0 Å². The Balaban J connectivity index is 4.60. The van der Waals surface area contributed by atoms with E-state index in [0.29, 0.717) is 6.42 Å². The van der Waals surface area contributed by atoms with Crippen LogP contribution in [0.2, 0.25) is 0 Å². The monoisotopic (exact) mass is 859 g/mol. The topological polar surface area (TPSA) is 71.4 Å². The minimum absolute atomic E-state index is 0.256. The van der Waals surface area contributed by atoms with Gasteiger partial charge in [-0.05, 0) is 26.2 Å². The lowest BCUT2D eigenvalue weighted by atomic mass is 9.72. The van der Waals surface area contributed by atoms with Crippen LogP contribution in [0.25, 0.3) is 0 Å². The van der Waals surface area contributed by atoms with E-state index in [0.717, 1.165) is 57.8 Å². The van der Waals surface area contributed by atoms with Crippen molar-refractivity contribution in [3.63, 3.8) is 0 Å². The van der Waals surface area contributed by atoms with Crippen LogP contribution in [0.5, 0.6) is 0 Å². The standard InChI is InChI=1S/C57H110O4/c1-5-8-11-14-17-20-23-26-29-32-35-38-41-44-47-50-53(58)56(61)57(4,54(59)51-48-45-42-39-36-33-30-27-24-21-18-15-12-9-6-2)55(60)52-49-46-43-40-37-34-31-28-25-22-19-16-13-10-7-3/h53,58H,5-52H2,1-4H3. The van der Waals surface area contributed by atoms with Gasteiger partial charge in [0.1, 0.15) is 11.5 Å². The Morgan fingerprint density at radius 2 is 0.492 bits per heavy atom. The molecule has 0 aromatic carbocycles. The molecule has 1 unspecified atom stereocenters. The fraction of sp³-hybridized carbons (Fsp3) is 0.947. The molecule has 0 spiro atoms. The quantitative estimate of drug-likeness (QED) is 0.0489. The van der Waals surface area contributed by atoms with Crippen LogP contribution >= 0.6 is 0 Å². The highest BCUT2D eigenvalue weighted by Crippen LogP contribution is 2.30. The zero-order valence-corrected chi connectivity index (χ0v) is 42.2. The minimum atomic E-state index is -1.71. The number of aliphatic hydroxyl groups excluding tert-OH is 1. The maximum absolute atomic E-state index is 13.9. The molecule has 0 aliphatic carbocycles. The summed E-state index contributed by atoms with van der Waals surface area (Å²) in [6, 6.07) is 0. The van der Waals surface area contributed by atoms with Gasteiger partial charge in [-0.15, -0.1) is 0 Å². The predicted molar refractivity (Wildman–Crippen MR) is 268 cm³/mol. The van der Waals surface area contributed by atoms with E-state index < -0.39 is 17.3 Å². The number of ketones is 3. The third kappa shape index (κ3) is 37.0.